The molecular weight excluding hydrogens is 288 g/mol. The van der Waals surface area contributed by atoms with Gasteiger partial charge in [0.15, 0.2) is 11.6 Å². The molecule has 0 amide bonds. The highest BCUT2D eigenvalue weighted by molar-refractivity contribution is 5.53. The lowest BCUT2D eigenvalue weighted by molar-refractivity contribution is 0.507. The summed E-state index contributed by atoms with van der Waals surface area (Å²) in [6, 6.07) is 11.3. The van der Waals surface area contributed by atoms with Gasteiger partial charge < -0.3 is 9.73 Å². The van der Waals surface area contributed by atoms with Crippen LogP contribution in [0.3, 0.4) is 0 Å². The highest BCUT2D eigenvalue weighted by Gasteiger charge is 2.09. The Balaban J connectivity index is 1.69. The second-order valence-electron chi connectivity index (χ2n) is 4.85. The molecule has 2 aromatic carbocycles. The molecule has 4 nitrogen and oxygen atoms in total. The molecule has 0 aliphatic heterocycles. The number of hydrogen-bond acceptors (Lipinski definition) is 4. The first-order chi connectivity index (χ1) is 10.6. The Kier molecular flexibility index (Phi) is 3.82. The molecule has 1 aromatic heterocycles. The minimum atomic E-state index is -0.907. The second-order valence-corrected chi connectivity index (χ2v) is 4.85. The van der Waals surface area contributed by atoms with Crippen molar-refractivity contribution in [2.75, 3.05) is 5.32 Å². The standard InChI is InChI=1S/C16H13F2N3O/c1-10-2-4-11(5-3-10)16-21-20-15(22-16)9-19-12-6-7-13(17)14(18)8-12/h2-8,19H,9H2,1H3. The van der Waals surface area contributed by atoms with Crippen LogP contribution >= 0.6 is 0 Å². The van der Waals surface area contributed by atoms with Crippen molar-refractivity contribution >= 4 is 5.69 Å². The van der Waals surface area contributed by atoms with Crippen molar-refractivity contribution in [3.63, 3.8) is 0 Å². The molecule has 1 N–H and O–H groups in total. The first-order valence-corrected chi connectivity index (χ1v) is 6.70. The van der Waals surface area contributed by atoms with E-state index in [0.29, 0.717) is 17.5 Å². The molecular formula is C16H13F2N3O. The third-order valence-electron chi connectivity index (χ3n) is 3.13. The summed E-state index contributed by atoms with van der Waals surface area (Å²) in [6.45, 7) is 2.22. The van der Waals surface area contributed by atoms with Crippen LogP contribution in [0.5, 0.6) is 0 Å². The zero-order valence-corrected chi connectivity index (χ0v) is 11.8. The van der Waals surface area contributed by atoms with Gasteiger partial charge in [-0.25, -0.2) is 8.78 Å². The van der Waals surface area contributed by atoms with E-state index in [1.807, 2.05) is 31.2 Å². The number of hydrogen-bond donors (Lipinski definition) is 1. The van der Waals surface area contributed by atoms with Crippen molar-refractivity contribution in [1.29, 1.82) is 0 Å². The Labute approximate surface area is 125 Å². The largest absolute Gasteiger partial charge is 0.419 e. The maximum absolute atomic E-state index is 13.1. The molecule has 0 radical (unpaired) electrons. The van der Waals surface area contributed by atoms with Crippen molar-refractivity contribution in [2.45, 2.75) is 13.5 Å². The van der Waals surface area contributed by atoms with Crippen LogP contribution in [-0.4, -0.2) is 10.2 Å². The van der Waals surface area contributed by atoms with Gasteiger partial charge in [0.1, 0.15) is 0 Å². The maximum Gasteiger partial charge on any atom is 0.247 e. The van der Waals surface area contributed by atoms with E-state index in [9.17, 15) is 8.78 Å². The third-order valence-corrected chi connectivity index (χ3v) is 3.13. The molecule has 0 saturated carbocycles. The normalized spacial score (nSPS) is 10.7. The quantitative estimate of drug-likeness (QED) is 0.793. The monoisotopic (exact) mass is 301 g/mol. The Morgan fingerprint density at radius 2 is 1.77 bits per heavy atom. The third kappa shape index (κ3) is 3.11. The number of rotatable bonds is 4. The van der Waals surface area contributed by atoms with E-state index in [4.69, 9.17) is 4.42 Å². The van der Waals surface area contributed by atoms with E-state index < -0.39 is 11.6 Å². The molecule has 3 rings (SSSR count). The predicted molar refractivity (Wildman–Crippen MR) is 78.2 cm³/mol. The summed E-state index contributed by atoms with van der Waals surface area (Å²) < 4.78 is 31.5. The highest BCUT2D eigenvalue weighted by Crippen LogP contribution is 2.19. The topological polar surface area (TPSA) is 51.0 Å². The number of anilines is 1. The minimum Gasteiger partial charge on any atom is -0.419 e. The van der Waals surface area contributed by atoms with Crippen molar-refractivity contribution in [1.82, 2.24) is 10.2 Å². The lowest BCUT2D eigenvalue weighted by Crippen LogP contribution is -2.00. The fourth-order valence-corrected chi connectivity index (χ4v) is 1.92. The average molecular weight is 301 g/mol. The summed E-state index contributed by atoms with van der Waals surface area (Å²) in [4.78, 5) is 0. The minimum absolute atomic E-state index is 0.226. The molecule has 0 bridgehead atoms. The van der Waals surface area contributed by atoms with E-state index >= 15 is 0 Å². The van der Waals surface area contributed by atoms with Gasteiger partial charge in [0.2, 0.25) is 11.8 Å². The van der Waals surface area contributed by atoms with Gasteiger partial charge in [0.05, 0.1) is 6.54 Å². The summed E-state index contributed by atoms with van der Waals surface area (Å²) in [6.07, 6.45) is 0. The highest BCUT2D eigenvalue weighted by atomic mass is 19.2. The molecule has 3 aromatic rings. The molecule has 0 unspecified atom stereocenters. The summed E-state index contributed by atoms with van der Waals surface area (Å²) in [5.41, 5.74) is 2.41. The van der Waals surface area contributed by atoms with Gasteiger partial charge in [0.25, 0.3) is 0 Å². The number of aromatic nitrogens is 2. The van der Waals surface area contributed by atoms with Gasteiger partial charge >= 0.3 is 0 Å². The Morgan fingerprint density at radius 3 is 2.50 bits per heavy atom. The fourth-order valence-electron chi connectivity index (χ4n) is 1.92. The van der Waals surface area contributed by atoms with Crippen LogP contribution in [0.1, 0.15) is 11.5 Å². The summed E-state index contributed by atoms with van der Waals surface area (Å²) in [5, 5.41) is 10.8. The van der Waals surface area contributed by atoms with Gasteiger partial charge in [-0.1, -0.05) is 17.7 Å². The van der Waals surface area contributed by atoms with Crippen molar-refractivity contribution in [3.05, 3.63) is 65.6 Å². The molecule has 0 atom stereocenters. The Morgan fingerprint density at radius 1 is 1.00 bits per heavy atom. The van der Waals surface area contributed by atoms with Crippen LogP contribution in [0.25, 0.3) is 11.5 Å². The van der Waals surface area contributed by atoms with Gasteiger partial charge in [-0.05, 0) is 31.2 Å². The first kappa shape index (κ1) is 14.2. The number of nitrogens with one attached hydrogen (secondary N) is 1. The molecule has 0 saturated heterocycles. The van der Waals surface area contributed by atoms with Crippen LogP contribution in [0.4, 0.5) is 14.5 Å². The Bertz CT molecular complexity index is 784. The van der Waals surface area contributed by atoms with Gasteiger partial charge in [-0.3, -0.25) is 0 Å². The van der Waals surface area contributed by atoms with E-state index in [0.717, 1.165) is 23.3 Å². The predicted octanol–water partition coefficient (Wildman–Crippen LogP) is 3.94. The van der Waals surface area contributed by atoms with Crippen LogP contribution < -0.4 is 5.32 Å². The number of halogens is 2. The molecule has 6 heteroatoms. The SMILES string of the molecule is Cc1ccc(-c2nnc(CNc3ccc(F)c(F)c3)o2)cc1. The summed E-state index contributed by atoms with van der Waals surface area (Å²) in [7, 11) is 0. The van der Waals surface area contributed by atoms with Crippen molar-refractivity contribution < 1.29 is 13.2 Å². The van der Waals surface area contributed by atoms with E-state index in [2.05, 4.69) is 15.5 Å². The second kappa shape index (κ2) is 5.93. The molecule has 22 heavy (non-hydrogen) atoms. The lowest BCUT2D eigenvalue weighted by atomic mass is 10.1. The average Bonchev–Trinajstić information content (AvgIpc) is 2.98. The van der Waals surface area contributed by atoms with E-state index in [1.165, 1.54) is 6.07 Å². The molecule has 0 aliphatic carbocycles. The Hall–Kier alpha value is -2.76. The van der Waals surface area contributed by atoms with Crippen LogP contribution in [0, 0.1) is 18.6 Å². The fraction of sp³-hybridized carbons (Fsp3) is 0.125. The molecule has 112 valence electrons. The van der Waals surface area contributed by atoms with Crippen LogP contribution in [0.2, 0.25) is 0 Å². The number of aryl methyl sites for hydroxylation is 1. The van der Waals surface area contributed by atoms with E-state index in [1.54, 1.807) is 0 Å². The maximum atomic E-state index is 13.1. The zero-order chi connectivity index (χ0) is 15.5. The van der Waals surface area contributed by atoms with Gasteiger partial charge in [-0.15, -0.1) is 10.2 Å². The summed E-state index contributed by atoms with van der Waals surface area (Å²) >= 11 is 0. The van der Waals surface area contributed by atoms with E-state index in [-0.39, 0.29) is 6.54 Å². The van der Waals surface area contributed by atoms with Gasteiger partial charge in [0, 0.05) is 17.3 Å². The number of nitrogens with zero attached hydrogens (tertiary/aromatic N) is 2. The lowest BCUT2D eigenvalue weighted by Gasteiger charge is -2.03. The zero-order valence-electron chi connectivity index (χ0n) is 11.8. The summed E-state index contributed by atoms with van der Waals surface area (Å²) in [5.74, 6) is -1.01. The smallest absolute Gasteiger partial charge is 0.247 e. The first-order valence-electron chi connectivity index (χ1n) is 6.70. The molecule has 0 fully saturated rings. The molecule has 0 spiro atoms. The molecule has 0 aliphatic rings. The van der Waals surface area contributed by atoms with Crippen molar-refractivity contribution in [2.24, 2.45) is 0 Å². The van der Waals surface area contributed by atoms with Crippen LogP contribution in [-0.2, 0) is 6.54 Å². The number of benzene rings is 2. The van der Waals surface area contributed by atoms with Gasteiger partial charge in [-0.2, -0.15) is 0 Å². The van der Waals surface area contributed by atoms with Crippen molar-refractivity contribution in [3.8, 4) is 11.5 Å². The van der Waals surface area contributed by atoms with Crippen LogP contribution in [0.15, 0.2) is 46.9 Å². The molecule has 1 heterocycles.